The van der Waals surface area contributed by atoms with Crippen molar-refractivity contribution in [2.24, 2.45) is 5.73 Å². The van der Waals surface area contributed by atoms with Gasteiger partial charge in [0.1, 0.15) is 41.3 Å². The van der Waals surface area contributed by atoms with Crippen LogP contribution < -0.4 is 24.7 Å². The number of benzene rings is 4. The number of nitrogens with two attached hydrogens (primary N) is 1. The van der Waals surface area contributed by atoms with Crippen molar-refractivity contribution in [3.8, 4) is 29.1 Å². The van der Waals surface area contributed by atoms with Crippen LogP contribution in [-0.4, -0.2) is 12.6 Å². The van der Waals surface area contributed by atoms with Crippen LogP contribution >= 0.6 is 0 Å². The Bertz CT molecular complexity index is 1810. The van der Waals surface area contributed by atoms with Crippen LogP contribution in [0.15, 0.2) is 78.2 Å². The van der Waals surface area contributed by atoms with Gasteiger partial charge in [0.2, 0.25) is 35.0 Å². The third kappa shape index (κ3) is 5.82. The van der Waals surface area contributed by atoms with Crippen molar-refractivity contribution < 1.29 is 50.1 Å². The predicted molar refractivity (Wildman–Crippen MR) is 140 cm³/mol. The van der Waals surface area contributed by atoms with E-state index < -0.39 is 59.1 Å². The predicted octanol–water partition coefficient (Wildman–Crippen LogP) is 6.30. The van der Waals surface area contributed by atoms with Gasteiger partial charge >= 0.3 is 5.97 Å². The Morgan fingerprint density at radius 3 is 2.14 bits per heavy atom. The third-order valence-electron chi connectivity index (χ3n) is 6.49. The van der Waals surface area contributed by atoms with E-state index in [-0.39, 0.29) is 29.6 Å². The minimum Gasteiger partial charge on any atom is -0.489 e. The summed E-state index contributed by atoms with van der Waals surface area (Å²) in [6, 6.07) is 18.9. The first kappa shape index (κ1) is 29.8. The molecule has 0 aromatic heterocycles. The summed E-state index contributed by atoms with van der Waals surface area (Å²) in [6.45, 7) is -1.21. The number of nitriles is 1. The lowest BCUT2D eigenvalue weighted by atomic mass is 9.83. The maximum Gasteiger partial charge on any atom is 0.349 e. The van der Waals surface area contributed by atoms with Crippen molar-refractivity contribution in [1.82, 2.24) is 0 Å². The number of carbonyl (C=O) groups excluding carboxylic acids is 1. The van der Waals surface area contributed by atoms with Gasteiger partial charge in [-0.2, -0.15) is 14.0 Å². The highest BCUT2D eigenvalue weighted by molar-refractivity contribution is 5.74. The molecular weight excluding hydrogens is 594 g/mol. The Hall–Kier alpha value is -5.64. The lowest BCUT2D eigenvalue weighted by molar-refractivity contribution is -0.136. The topological polar surface area (TPSA) is 104 Å². The van der Waals surface area contributed by atoms with Crippen LogP contribution in [0.4, 0.5) is 26.3 Å². The second-order valence-electron chi connectivity index (χ2n) is 9.24. The summed E-state index contributed by atoms with van der Waals surface area (Å²) in [5.41, 5.74) is 7.56. The minimum atomic E-state index is -2.38. The SMILES string of the molecule is N#CC1=C(N)Oc2cc(OC(=O)COc3c(F)c(F)c(F)c(F)c3F)ccc2C1c1ccc(OCc2ccccc2F)cc1. The van der Waals surface area contributed by atoms with E-state index in [1.165, 1.54) is 24.3 Å². The molecule has 0 spiro atoms. The van der Waals surface area contributed by atoms with Crippen molar-refractivity contribution in [2.45, 2.75) is 12.5 Å². The summed E-state index contributed by atoms with van der Waals surface area (Å²) in [5, 5.41) is 9.79. The molecule has 7 nitrogen and oxygen atoms in total. The molecule has 1 aliphatic heterocycles. The van der Waals surface area contributed by atoms with Gasteiger partial charge < -0.3 is 24.7 Å². The average molecular weight is 612 g/mol. The van der Waals surface area contributed by atoms with Crippen LogP contribution in [0.25, 0.3) is 0 Å². The molecule has 4 aromatic rings. The number of halogens is 6. The van der Waals surface area contributed by atoms with Crippen LogP contribution in [0.5, 0.6) is 23.0 Å². The largest absolute Gasteiger partial charge is 0.489 e. The number of fused-ring (bicyclic) bond motifs is 1. The Balaban J connectivity index is 1.31. The molecule has 0 bridgehead atoms. The molecule has 0 fully saturated rings. The standard InChI is InChI=1S/C31H18F6N2O5/c32-21-4-2-1-3-16(21)13-41-17-7-5-15(6-8-17)24-19-10-9-18(11-22(19)44-31(39)20(24)12-38)43-23(40)14-42-30-28(36)26(34)25(33)27(35)29(30)37/h1-11,24H,13-14,39H2. The fourth-order valence-corrected chi connectivity index (χ4v) is 4.38. The first-order valence-electron chi connectivity index (χ1n) is 12.6. The Morgan fingerprint density at radius 1 is 0.841 bits per heavy atom. The van der Waals surface area contributed by atoms with E-state index in [1.54, 1.807) is 42.5 Å². The highest BCUT2D eigenvalue weighted by Crippen LogP contribution is 2.43. The van der Waals surface area contributed by atoms with E-state index in [1.807, 2.05) is 6.07 Å². The van der Waals surface area contributed by atoms with Crippen LogP contribution in [0.3, 0.4) is 0 Å². The van der Waals surface area contributed by atoms with Gasteiger partial charge in [0.15, 0.2) is 12.4 Å². The van der Waals surface area contributed by atoms with E-state index in [9.17, 15) is 36.4 Å². The molecule has 2 N–H and O–H groups in total. The maximum absolute atomic E-state index is 13.9. The second-order valence-corrected chi connectivity index (χ2v) is 9.24. The molecule has 1 aliphatic rings. The first-order valence-corrected chi connectivity index (χ1v) is 12.6. The van der Waals surface area contributed by atoms with Crippen molar-refractivity contribution in [3.05, 3.63) is 130 Å². The van der Waals surface area contributed by atoms with Gasteiger partial charge in [0, 0.05) is 17.2 Å². The summed E-state index contributed by atoms with van der Waals surface area (Å²) >= 11 is 0. The van der Waals surface area contributed by atoms with Gasteiger partial charge in [-0.25, -0.2) is 22.4 Å². The number of ether oxygens (including phenoxy) is 4. The molecule has 0 saturated heterocycles. The van der Waals surface area contributed by atoms with E-state index >= 15 is 0 Å². The highest BCUT2D eigenvalue weighted by atomic mass is 19.2. The highest BCUT2D eigenvalue weighted by Gasteiger charge is 2.31. The van der Waals surface area contributed by atoms with Crippen LogP contribution in [0, 0.1) is 46.2 Å². The number of hydrogen-bond donors (Lipinski definition) is 1. The number of carbonyl (C=O) groups is 1. The molecule has 0 radical (unpaired) electrons. The van der Waals surface area contributed by atoms with Crippen LogP contribution in [0.1, 0.15) is 22.6 Å². The Kier molecular flexibility index (Phi) is 8.34. The quantitative estimate of drug-likeness (QED) is 0.0819. The monoisotopic (exact) mass is 612 g/mol. The molecule has 4 aromatic carbocycles. The summed E-state index contributed by atoms with van der Waals surface area (Å²) < 4.78 is 102. The van der Waals surface area contributed by atoms with Crippen molar-refractivity contribution >= 4 is 5.97 Å². The molecule has 1 atom stereocenters. The zero-order chi connectivity index (χ0) is 31.5. The van der Waals surface area contributed by atoms with Gasteiger partial charge in [-0.1, -0.05) is 36.4 Å². The van der Waals surface area contributed by atoms with E-state index in [4.69, 9.17) is 19.9 Å². The zero-order valence-electron chi connectivity index (χ0n) is 22.2. The summed E-state index contributed by atoms with van der Waals surface area (Å²) in [5.74, 6) is -15.1. The Labute approximate surface area is 245 Å². The zero-order valence-corrected chi connectivity index (χ0v) is 22.2. The van der Waals surface area contributed by atoms with Gasteiger partial charge in [-0.05, 0) is 29.8 Å². The first-order chi connectivity index (χ1) is 21.1. The molecular formula is C31H18F6N2O5. The molecule has 44 heavy (non-hydrogen) atoms. The molecule has 224 valence electrons. The number of allylic oxidation sites excluding steroid dienone is 1. The molecule has 1 unspecified atom stereocenters. The second kappa shape index (κ2) is 12.3. The summed E-state index contributed by atoms with van der Waals surface area (Å²) in [7, 11) is 0. The van der Waals surface area contributed by atoms with Crippen LogP contribution in [-0.2, 0) is 11.4 Å². The van der Waals surface area contributed by atoms with Gasteiger partial charge in [-0.15, -0.1) is 0 Å². The minimum absolute atomic E-state index is 0.00346. The number of rotatable bonds is 8. The van der Waals surface area contributed by atoms with E-state index in [2.05, 4.69) is 4.74 Å². The number of hydrogen-bond acceptors (Lipinski definition) is 7. The fraction of sp³-hybridized carbons (Fsp3) is 0.0968. The lowest BCUT2D eigenvalue weighted by Gasteiger charge is -2.26. The molecule has 5 rings (SSSR count). The van der Waals surface area contributed by atoms with Gasteiger partial charge in [0.25, 0.3) is 0 Å². The van der Waals surface area contributed by atoms with E-state index in [0.29, 0.717) is 22.4 Å². The molecule has 0 aliphatic carbocycles. The number of esters is 1. The van der Waals surface area contributed by atoms with Crippen molar-refractivity contribution in [2.75, 3.05) is 6.61 Å². The Morgan fingerprint density at radius 2 is 1.48 bits per heavy atom. The number of nitrogens with zero attached hydrogens (tertiary/aromatic N) is 1. The van der Waals surface area contributed by atoms with Crippen molar-refractivity contribution in [1.29, 1.82) is 5.26 Å². The molecule has 13 heteroatoms. The smallest absolute Gasteiger partial charge is 0.349 e. The average Bonchev–Trinajstić information content (AvgIpc) is 3.02. The summed E-state index contributed by atoms with van der Waals surface area (Å²) in [4.78, 5) is 12.3. The molecule has 0 saturated carbocycles. The van der Waals surface area contributed by atoms with Gasteiger partial charge in [0.05, 0.1) is 5.92 Å². The molecule has 0 amide bonds. The normalized spacial score (nSPS) is 13.9. The molecule has 1 heterocycles. The maximum atomic E-state index is 13.9. The van der Waals surface area contributed by atoms with E-state index in [0.717, 1.165) is 0 Å². The van der Waals surface area contributed by atoms with Gasteiger partial charge in [-0.3, -0.25) is 0 Å². The van der Waals surface area contributed by atoms with Crippen molar-refractivity contribution in [3.63, 3.8) is 0 Å². The fourth-order valence-electron chi connectivity index (χ4n) is 4.38. The lowest BCUT2D eigenvalue weighted by Crippen LogP contribution is -2.22. The third-order valence-corrected chi connectivity index (χ3v) is 6.49. The summed E-state index contributed by atoms with van der Waals surface area (Å²) in [6.07, 6.45) is 0. The van der Waals surface area contributed by atoms with Crippen LogP contribution in [0.2, 0.25) is 0 Å².